The SMILES string of the molecule is CC1=CC2(C)CC1C(C)C2C1CC=CCO1. The number of hydrogen-bond acceptors (Lipinski definition) is 1. The molecular weight excluding hydrogens is 196 g/mol. The van der Waals surface area contributed by atoms with Gasteiger partial charge in [-0.1, -0.05) is 37.6 Å². The van der Waals surface area contributed by atoms with Gasteiger partial charge in [-0.2, -0.15) is 0 Å². The molecule has 1 fully saturated rings. The smallest absolute Gasteiger partial charge is 0.0652 e. The number of allylic oxidation sites excluding steroid dienone is 2. The number of fused-ring (bicyclic) bond motifs is 2. The zero-order valence-corrected chi connectivity index (χ0v) is 10.6. The lowest BCUT2D eigenvalue weighted by Gasteiger charge is -2.39. The molecule has 0 aromatic carbocycles. The molecule has 2 aliphatic carbocycles. The maximum Gasteiger partial charge on any atom is 0.0652 e. The van der Waals surface area contributed by atoms with Crippen LogP contribution in [-0.2, 0) is 4.74 Å². The van der Waals surface area contributed by atoms with Gasteiger partial charge in [0.1, 0.15) is 0 Å². The minimum absolute atomic E-state index is 0.407. The summed E-state index contributed by atoms with van der Waals surface area (Å²) in [6.07, 6.45) is 9.91. The molecule has 1 nitrogen and oxygen atoms in total. The fourth-order valence-corrected chi connectivity index (χ4v) is 4.56. The lowest BCUT2D eigenvalue weighted by atomic mass is 9.70. The standard InChI is InChI=1S/C15H22O/c1-10-8-15(3)9-12(10)11(2)14(15)13-6-4-5-7-16-13/h4-5,8,11-14H,6-7,9H2,1-3H3. The summed E-state index contributed by atoms with van der Waals surface area (Å²) in [6, 6.07) is 0. The number of rotatable bonds is 1. The molecule has 5 atom stereocenters. The van der Waals surface area contributed by atoms with Crippen LogP contribution < -0.4 is 0 Å². The summed E-state index contributed by atoms with van der Waals surface area (Å²) in [5.41, 5.74) is 2.03. The van der Waals surface area contributed by atoms with E-state index in [1.165, 1.54) is 6.42 Å². The third-order valence-electron chi connectivity index (χ3n) is 5.11. The van der Waals surface area contributed by atoms with Crippen LogP contribution in [0.1, 0.15) is 33.6 Å². The summed E-state index contributed by atoms with van der Waals surface area (Å²) in [4.78, 5) is 0. The van der Waals surface area contributed by atoms with Crippen molar-refractivity contribution in [1.82, 2.24) is 0 Å². The van der Waals surface area contributed by atoms with Crippen LogP contribution in [-0.4, -0.2) is 12.7 Å². The molecule has 0 N–H and O–H groups in total. The monoisotopic (exact) mass is 218 g/mol. The van der Waals surface area contributed by atoms with Gasteiger partial charge in [-0.05, 0) is 42.9 Å². The van der Waals surface area contributed by atoms with Gasteiger partial charge < -0.3 is 4.74 Å². The summed E-state index contributed by atoms with van der Waals surface area (Å²) < 4.78 is 5.97. The Morgan fingerprint density at radius 3 is 2.75 bits per heavy atom. The second kappa shape index (κ2) is 3.46. The summed E-state index contributed by atoms with van der Waals surface area (Å²) in [5.74, 6) is 2.35. The van der Waals surface area contributed by atoms with Gasteiger partial charge in [0.25, 0.3) is 0 Å². The number of ether oxygens (including phenoxy) is 1. The number of hydrogen-bond donors (Lipinski definition) is 0. The van der Waals surface area contributed by atoms with Gasteiger partial charge in [0, 0.05) is 0 Å². The summed E-state index contributed by atoms with van der Waals surface area (Å²) in [6.45, 7) is 7.99. The Hall–Kier alpha value is -0.560. The van der Waals surface area contributed by atoms with E-state index in [1.807, 2.05) is 0 Å². The van der Waals surface area contributed by atoms with Crippen LogP contribution in [0.3, 0.4) is 0 Å². The van der Waals surface area contributed by atoms with E-state index < -0.39 is 0 Å². The fourth-order valence-electron chi connectivity index (χ4n) is 4.56. The minimum atomic E-state index is 0.407. The molecule has 0 aromatic heterocycles. The Balaban J connectivity index is 1.89. The zero-order chi connectivity index (χ0) is 11.3. The van der Waals surface area contributed by atoms with E-state index in [1.54, 1.807) is 5.57 Å². The molecule has 88 valence electrons. The summed E-state index contributed by atoms with van der Waals surface area (Å²) >= 11 is 0. The molecular formula is C15H22O. The third kappa shape index (κ3) is 1.34. The molecule has 0 aromatic rings. The molecule has 1 heterocycles. The Bertz CT molecular complexity index is 354. The predicted molar refractivity (Wildman–Crippen MR) is 66.1 cm³/mol. The first-order valence-electron chi connectivity index (χ1n) is 6.58. The molecule has 1 heteroatoms. The van der Waals surface area contributed by atoms with Crippen LogP contribution in [0.4, 0.5) is 0 Å². The Morgan fingerprint density at radius 2 is 2.19 bits per heavy atom. The molecule has 0 amide bonds. The highest BCUT2D eigenvalue weighted by Crippen LogP contribution is 2.60. The first kappa shape index (κ1) is 10.6. The van der Waals surface area contributed by atoms with Crippen molar-refractivity contribution in [3.8, 4) is 0 Å². The van der Waals surface area contributed by atoms with Gasteiger partial charge in [-0.15, -0.1) is 0 Å². The van der Waals surface area contributed by atoms with E-state index in [0.717, 1.165) is 30.8 Å². The quantitative estimate of drug-likeness (QED) is 0.611. The van der Waals surface area contributed by atoms with Crippen molar-refractivity contribution >= 4 is 0 Å². The normalized spacial score (nSPS) is 50.8. The van der Waals surface area contributed by atoms with E-state index in [0.29, 0.717) is 11.5 Å². The van der Waals surface area contributed by atoms with E-state index in [4.69, 9.17) is 4.74 Å². The van der Waals surface area contributed by atoms with Crippen molar-refractivity contribution in [2.45, 2.75) is 39.7 Å². The summed E-state index contributed by atoms with van der Waals surface area (Å²) in [7, 11) is 0. The second-order valence-electron chi connectivity index (χ2n) is 6.17. The second-order valence-corrected chi connectivity index (χ2v) is 6.17. The van der Waals surface area contributed by atoms with Crippen LogP contribution in [0.25, 0.3) is 0 Å². The van der Waals surface area contributed by atoms with Crippen molar-refractivity contribution in [3.63, 3.8) is 0 Å². The predicted octanol–water partition coefficient (Wildman–Crippen LogP) is 3.57. The van der Waals surface area contributed by atoms with Crippen molar-refractivity contribution in [3.05, 3.63) is 23.8 Å². The maximum atomic E-state index is 5.97. The molecule has 2 bridgehead atoms. The molecule has 1 saturated carbocycles. The Morgan fingerprint density at radius 1 is 1.38 bits per heavy atom. The first-order valence-corrected chi connectivity index (χ1v) is 6.58. The average molecular weight is 218 g/mol. The zero-order valence-electron chi connectivity index (χ0n) is 10.6. The van der Waals surface area contributed by atoms with Crippen molar-refractivity contribution in [2.75, 3.05) is 6.61 Å². The molecule has 0 saturated heterocycles. The average Bonchev–Trinajstić information content (AvgIpc) is 2.68. The molecule has 1 aliphatic heterocycles. The van der Waals surface area contributed by atoms with Gasteiger partial charge in [0.05, 0.1) is 12.7 Å². The third-order valence-corrected chi connectivity index (χ3v) is 5.11. The van der Waals surface area contributed by atoms with Crippen molar-refractivity contribution < 1.29 is 4.74 Å². The largest absolute Gasteiger partial charge is 0.374 e. The van der Waals surface area contributed by atoms with Gasteiger partial charge >= 0.3 is 0 Å². The lowest BCUT2D eigenvalue weighted by molar-refractivity contribution is -0.0190. The van der Waals surface area contributed by atoms with Gasteiger partial charge in [0.15, 0.2) is 0 Å². The van der Waals surface area contributed by atoms with E-state index in [9.17, 15) is 0 Å². The Kier molecular flexibility index (Phi) is 2.29. The van der Waals surface area contributed by atoms with Crippen LogP contribution >= 0.6 is 0 Å². The molecule has 0 spiro atoms. The maximum absolute atomic E-state index is 5.97. The highest BCUT2D eigenvalue weighted by atomic mass is 16.5. The molecule has 0 radical (unpaired) electrons. The molecule has 3 rings (SSSR count). The van der Waals surface area contributed by atoms with Crippen LogP contribution in [0.15, 0.2) is 23.8 Å². The van der Waals surface area contributed by atoms with Crippen LogP contribution in [0, 0.1) is 23.2 Å². The van der Waals surface area contributed by atoms with E-state index in [2.05, 4.69) is 39.0 Å². The van der Waals surface area contributed by atoms with Gasteiger partial charge in [0.2, 0.25) is 0 Å². The minimum Gasteiger partial charge on any atom is -0.374 e. The van der Waals surface area contributed by atoms with Crippen molar-refractivity contribution in [2.24, 2.45) is 23.2 Å². The van der Waals surface area contributed by atoms with Gasteiger partial charge in [-0.25, -0.2) is 0 Å². The highest BCUT2D eigenvalue weighted by Gasteiger charge is 2.54. The van der Waals surface area contributed by atoms with Crippen LogP contribution in [0.5, 0.6) is 0 Å². The fraction of sp³-hybridized carbons (Fsp3) is 0.733. The lowest BCUT2D eigenvalue weighted by Crippen LogP contribution is -2.38. The highest BCUT2D eigenvalue weighted by molar-refractivity contribution is 5.27. The molecule has 5 unspecified atom stereocenters. The van der Waals surface area contributed by atoms with Gasteiger partial charge in [-0.3, -0.25) is 0 Å². The van der Waals surface area contributed by atoms with Crippen LogP contribution in [0.2, 0.25) is 0 Å². The topological polar surface area (TPSA) is 9.23 Å². The van der Waals surface area contributed by atoms with E-state index in [-0.39, 0.29) is 0 Å². The summed E-state index contributed by atoms with van der Waals surface area (Å²) in [5, 5.41) is 0. The Labute approximate surface area is 98.6 Å². The molecule has 3 aliphatic rings. The first-order chi connectivity index (χ1) is 7.62. The van der Waals surface area contributed by atoms with E-state index >= 15 is 0 Å². The molecule has 16 heavy (non-hydrogen) atoms. The van der Waals surface area contributed by atoms with Crippen molar-refractivity contribution in [1.29, 1.82) is 0 Å².